The van der Waals surface area contributed by atoms with E-state index in [0.717, 1.165) is 5.56 Å². The molecule has 2 N–H and O–H groups in total. The minimum absolute atomic E-state index is 0.0758. The van der Waals surface area contributed by atoms with Crippen LogP contribution < -0.4 is 20.1 Å². The zero-order valence-corrected chi connectivity index (χ0v) is 20.2. The molecule has 0 aliphatic heterocycles. The third-order valence-corrected chi connectivity index (χ3v) is 5.32. The zero-order valence-electron chi connectivity index (χ0n) is 18.6. The minimum Gasteiger partial charge on any atom is -0.493 e. The highest BCUT2D eigenvalue weighted by Crippen LogP contribution is 2.37. The Labute approximate surface area is 206 Å². The van der Waals surface area contributed by atoms with Crippen molar-refractivity contribution in [3.8, 4) is 17.6 Å². The number of carbonyl (C=O) groups is 2. The second kappa shape index (κ2) is 11.7. The van der Waals surface area contributed by atoms with Crippen LogP contribution in [-0.4, -0.2) is 25.5 Å². The van der Waals surface area contributed by atoms with Gasteiger partial charge in [0.05, 0.1) is 11.6 Å². The first kappa shape index (κ1) is 24.6. The molecule has 2 amide bonds. The highest BCUT2D eigenvalue weighted by atomic mass is 79.9. The summed E-state index contributed by atoms with van der Waals surface area (Å²) in [5, 5.41) is 15.0. The van der Waals surface area contributed by atoms with Gasteiger partial charge >= 0.3 is 0 Å². The number of ether oxygens (including phenoxy) is 2. The highest BCUT2D eigenvalue weighted by Gasteiger charge is 2.16. The predicted molar refractivity (Wildman–Crippen MR) is 135 cm³/mol. The zero-order chi connectivity index (χ0) is 24.5. The summed E-state index contributed by atoms with van der Waals surface area (Å²) >= 11 is 3.42. The number of para-hydroxylation sites is 2. The largest absolute Gasteiger partial charge is 0.493 e. The molecular formula is C26H22BrN3O4. The predicted octanol–water partition coefficient (Wildman–Crippen LogP) is 5.33. The molecular weight excluding hydrogens is 498 g/mol. The molecule has 0 aliphatic carbocycles. The Morgan fingerprint density at radius 1 is 1.06 bits per heavy atom. The van der Waals surface area contributed by atoms with E-state index in [2.05, 4.69) is 26.6 Å². The number of benzene rings is 3. The van der Waals surface area contributed by atoms with E-state index in [-0.39, 0.29) is 18.1 Å². The lowest BCUT2D eigenvalue weighted by molar-refractivity contribution is -0.118. The van der Waals surface area contributed by atoms with Gasteiger partial charge in [-0.1, -0.05) is 36.4 Å². The molecule has 0 spiro atoms. The van der Waals surface area contributed by atoms with Crippen molar-refractivity contribution in [2.24, 2.45) is 0 Å². The Bertz CT molecular complexity index is 1270. The van der Waals surface area contributed by atoms with E-state index in [1.807, 2.05) is 43.3 Å². The van der Waals surface area contributed by atoms with Crippen molar-refractivity contribution in [3.63, 3.8) is 0 Å². The topological polar surface area (TPSA) is 100 Å². The van der Waals surface area contributed by atoms with Crippen molar-refractivity contribution in [3.05, 3.63) is 87.9 Å². The Morgan fingerprint density at radius 3 is 2.44 bits per heavy atom. The average Bonchev–Trinajstić information content (AvgIpc) is 2.83. The first-order chi connectivity index (χ1) is 16.4. The van der Waals surface area contributed by atoms with Crippen molar-refractivity contribution >= 4 is 45.2 Å². The van der Waals surface area contributed by atoms with Gasteiger partial charge in [-0.15, -0.1) is 0 Å². The summed E-state index contributed by atoms with van der Waals surface area (Å²) in [4.78, 5) is 24.8. The van der Waals surface area contributed by atoms with Gasteiger partial charge in [-0.05, 0) is 70.4 Å². The number of aryl methyl sites for hydroxylation is 1. The molecule has 0 radical (unpaired) electrons. The van der Waals surface area contributed by atoms with Gasteiger partial charge in [0, 0.05) is 11.4 Å². The first-order valence-electron chi connectivity index (χ1n) is 10.2. The first-order valence-corrected chi connectivity index (χ1v) is 11.0. The number of carbonyl (C=O) groups excluding carboxylic acids is 2. The van der Waals surface area contributed by atoms with Crippen molar-refractivity contribution in [1.82, 2.24) is 0 Å². The van der Waals surface area contributed by atoms with E-state index >= 15 is 0 Å². The van der Waals surface area contributed by atoms with Crippen molar-refractivity contribution in [2.45, 2.75) is 6.92 Å². The second-order valence-electron chi connectivity index (χ2n) is 7.18. The van der Waals surface area contributed by atoms with Gasteiger partial charge in [0.1, 0.15) is 11.6 Å². The number of hydrogen-bond acceptors (Lipinski definition) is 5. The highest BCUT2D eigenvalue weighted by molar-refractivity contribution is 9.10. The summed E-state index contributed by atoms with van der Waals surface area (Å²) in [5.41, 5.74) is 2.64. The maximum Gasteiger partial charge on any atom is 0.266 e. The van der Waals surface area contributed by atoms with Crippen LogP contribution in [0, 0.1) is 18.3 Å². The normalized spacial score (nSPS) is 10.7. The third-order valence-electron chi connectivity index (χ3n) is 4.73. The number of nitrogens with zero attached hydrogens (tertiary/aromatic N) is 1. The van der Waals surface area contributed by atoms with Crippen LogP contribution in [-0.2, 0) is 9.59 Å². The molecule has 0 bridgehead atoms. The lowest BCUT2D eigenvalue weighted by Gasteiger charge is -2.14. The van der Waals surface area contributed by atoms with Gasteiger partial charge < -0.3 is 20.1 Å². The summed E-state index contributed by atoms with van der Waals surface area (Å²) in [5.74, 6) is -0.191. The molecule has 3 aromatic carbocycles. The maximum atomic E-state index is 12.6. The smallest absolute Gasteiger partial charge is 0.266 e. The van der Waals surface area contributed by atoms with E-state index in [4.69, 9.17) is 9.47 Å². The molecule has 0 saturated carbocycles. The lowest BCUT2D eigenvalue weighted by Crippen LogP contribution is -2.20. The molecule has 172 valence electrons. The van der Waals surface area contributed by atoms with E-state index in [1.165, 1.54) is 13.2 Å². The Morgan fingerprint density at radius 2 is 1.76 bits per heavy atom. The lowest BCUT2D eigenvalue weighted by atomic mass is 10.1. The van der Waals surface area contributed by atoms with E-state index < -0.39 is 5.91 Å². The second-order valence-corrected chi connectivity index (χ2v) is 8.03. The van der Waals surface area contributed by atoms with Crippen LogP contribution in [0.25, 0.3) is 6.08 Å². The standard InChI is InChI=1S/C26H22BrN3O4/c1-17-8-6-7-11-22(17)30-26(32)19(15-28)12-18-13-21(27)25(23(14-18)33-2)34-16-24(31)29-20-9-4-3-5-10-20/h3-14H,16H2,1-2H3,(H,29,31)(H,30,32)/b19-12+. The van der Waals surface area contributed by atoms with Gasteiger partial charge in [0.25, 0.3) is 11.8 Å². The van der Waals surface area contributed by atoms with Gasteiger partial charge in [-0.2, -0.15) is 5.26 Å². The average molecular weight is 520 g/mol. The molecule has 7 nitrogen and oxygen atoms in total. The quantitative estimate of drug-likeness (QED) is 0.309. The number of amides is 2. The maximum absolute atomic E-state index is 12.6. The van der Waals surface area contributed by atoms with E-state index in [9.17, 15) is 14.9 Å². The van der Waals surface area contributed by atoms with Crippen molar-refractivity contribution < 1.29 is 19.1 Å². The monoisotopic (exact) mass is 519 g/mol. The number of hydrogen-bond donors (Lipinski definition) is 2. The minimum atomic E-state index is -0.523. The van der Waals surface area contributed by atoms with E-state index in [0.29, 0.717) is 32.9 Å². The van der Waals surface area contributed by atoms with Crippen LogP contribution >= 0.6 is 15.9 Å². The van der Waals surface area contributed by atoms with Crippen LogP contribution in [0.4, 0.5) is 11.4 Å². The van der Waals surface area contributed by atoms with Gasteiger partial charge in [0.15, 0.2) is 18.1 Å². The van der Waals surface area contributed by atoms with Gasteiger partial charge in [-0.3, -0.25) is 9.59 Å². The van der Waals surface area contributed by atoms with Gasteiger partial charge in [0.2, 0.25) is 0 Å². The van der Waals surface area contributed by atoms with Crippen LogP contribution in [0.15, 0.2) is 76.8 Å². The Hall–Kier alpha value is -4.09. The summed E-state index contributed by atoms with van der Waals surface area (Å²) in [6.07, 6.45) is 1.45. The number of nitrogens with one attached hydrogen (secondary N) is 2. The number of methoxy groups -OCH3 is 1. The number of rotatable bonds is 8. The fraction of sp³-hybridized carbons (Fsp3) is 0.115. The molecule has 0 aliphatic rings. The van der Waals surface area contributed by atoms with Crippen LogP contribution in [0.5, 0.6) is 11.5 Å². The molecule has 0 fully saturated rings. The Kier molecular flexibility index (Phi) is 8.43. The molecule has 0 saturated heterocycles. The molecule has 34 heavy (non-hydrogen) atoms. The molecule has 0 heterocycles. The molecule has 3 aromatic rings. The summed E-state index contributed by atoms with van der Waals surface area (Å²) in [6.45, 7) is 1.63. The van der Waals surface area contributed by atoms with E-state index in [1.54, 1.807) is 36.4 Å². The third kappa shape index (κ3) is 6.47. The summed E-state index contributed by atoms with van der Waals surface area (Å²) < 4.78 is 11.6. The van der Waals surface area contributed by atoms with Crippen molar-refractivity contribution in [2.75, 3.05) is 24.4 Å². The van der Waals surface area contributed by atoms with Crippen LogP contribution in [0.2, 0.25) is 0 Å². The van der Waals surface area contributed by atoms with Crippen LogP contribution in [0.3, 0.4) is 0 Å². The fourth-order valence-electron chi connectivity index (χ4n) is 3.04. The summed E-state index contributed by atoms with van der Waals surface area (Å²) in [7, 11) is 1.46. The van der Waals surface area contributed by atoms with Crippen LogP contribution in [0.1, 0.15) is 11.1 Å². The fourth-order valence-corrected chi connectivity index (χ4v) is 3.61. The summed E-state index contributed by atoms with van der Waals surface area (Å²) in [6, 6.07) is 21.6. The van der Waals surface area contributed by atoms with Crippen molar-refractivity contribution in [1.29, 1.82) is 5.26 Å². The number of nitriles is 1. The molecule has 0 unspecified atom stereocenters. The Balaban J connectivity index is 1.75. The SMILES string of the molecule is COc1cc(/C=C(\C#N)C(=O)Nc2ccccc2C)cc(Br)c1OCC(=O)Nc1ccccc1. The number of halogens is 1. The molecule has 0 aromatic heterocycles. The molecule has 3 rings (SSSR count). The number of anilines is 2. The molecule has 0 atom stereocenters. The molecule has 8 heteroatoms. The van der Waals surface area contributed by atoms with Gasteiger partial charge in [-0.25, -0.2) is 0 Å².